The Morgan fingerprint density at radius 3 is 2.37 bits per heavy atom. The zero-order valence-corrected chi connectivity index (χ0v) is 24.0. The average molecular weight is 581 g/mol. The minimum atomic E-state index is -0.666. The molecule has 3 aliphatic carbocycles. The minimum Gasteiger partial charge on any atom is -0.508 e. The van der Waals surface area contributed by atoms with Crippen molar-refractivity contribution in [3.8, 4) is 11.5 Å². The maximum atomic E-state index is 14.2. The molecule has 2 heterocycles. The number of carbonyl (C=O) groups excluding carboxylic acids is 4. The van der Waals surface area contributed by atoms with Crippen molar-refractivity contribution in [1.29, 1.82) is 0 Å². The second-order valence-corrected chi connectivity index (χ2v) is 11.8. The van der Waals surface area contributed by atoms with Crippen molar-refractivity contribution in [3.63, 3.8) is 0 Å². The van der Waals surface area contributed by atoms with Crippen molar-refractivity contribution >= 4 is 34.8 Å². The number of benzene rings is 2. The maximum Gasteiger partial charge on any atom is 0.238 e. The van der Waals surface area contributed by atoms with E-state index in [1.165, 1.54) is 30.2 Å². The number of phenols is 1. The van der Waals surface area contributed by atoms with Crippen LogP contribution in [0.2, 0.25) is 0 Å². The van der Waals surface area contributed by atoms with E-state index in [1.807, 2.05) is 30.3 Å². The summed E-state index contributed by atoms with van der Waals surface area (Å²) in [6.07, 6.45) is 3.91. The van der Waals surface area contributed by atoms with Crippen LogP contribution in [0.25, 0.3) is 0 Å². The van der Waals surface area contributed by atoms with Gasteiger partial charge in [0, 0.05) is 53.0 Å². The second-order valence-electron chi connectivity index (χ2n) is 11.8. The Morgan fingerprint density at radius 2 is 1.65 bits per heavy atom. The van der Waals surface area contributed by atoms with Crippen molar-refractivity contribution in [2.24, 2.45) is 17.8 Å². The summed E-state index contributed by atoms with van der Waals surface area (Å²) in [5.74, 6) is -2.92. The van der Waals surface area contributed by atoms with Crippen LogP contribution in [-0.2, 0) is 23.9 Å². The fraction of sp³-hybridized carbons (Fsp3) is 0.353. The van der Waals surface area contributed by atoms with Gasteiger partial charge in [-0.1, -0.05) is 17.7 Å². The molecule has 5 aliphatic rings. The highest BCUT2D eigenvalue weighted by atomic mass is 16.5. The summed E-state index contributed by atoms with van der Waals surface area (Å²) in [4.78, 5) is 58.5. The number of nitrogens with zero attached hydrogens (tertiary/aromatic N) is 2. The minimum absolute atomic E-state index is 0.00786. The number of aromatic hydroxyl groups is 1. The monoisotopic (exact) mass is 580 g/mol. The Hall–Kier alpha value is -4.50. The Morgan fingerprint density at radius 1 is 0.930 bits per heavy atom. The summed E-state index contributed by atoms with van der Waals surface area (Å²) < 4.78 is 11.1. The molecule has 43 heavy (non-hydrogen) atoms. The van der Waals surface area contributed by atoms with E-state index in [1.54, 1.807) is 13.0 Å². The molecule has 9 heteroatoms. The summed E-state index contributed by atoms with van der Waals surface area (Å²) in [7, 11) is 1.48. The molecule has 0 bridgehead atoms. The van der Waals surface area contributed by atoms with Gasteiger partial charge in [-0.05, 0) is 62.1 Å². The molecule has 2 aliphatic heterocycles. The molecule has 9 nitrogen and oxygen atoms in total. The Labute approximate surface area is 249 Å². The van der Waals surface area contributed by atoms with Gasteiger partial charge in [0.2, 0.25) is 11.8 Å². The first kappa shape index (κ1) is 27.3. The van der Waals surface area contributed by atoms with Crippen LogP contribution in [0.1, 0.15) is 31.2 Å². The van der Waals surface area contributed by atoms with Crippen LogP contribution in [0.15, 0.2) is 76.9 Å². The van der Waals surface area contributed by atoms with Crippen molar-refractivity contribution in [2.75, 3.05) is 43.2 Å². The van der Waals surface area contributed by atoms with Gasteiger partial charge in [0.1, 0.15) is 11.5 Å². The van der Waals surface area contributed by atoms with Gasteiger partial charge in [0.15, 0.2) is 11.6 Å². The number of anilines is 2. The number of allylic oxidation sites excluding steroid dienone is 6. The summed E-state index contributed by atoms with van der Waals surface area (Å²) in [5.41, 5.74) is 4.13. The number of amides is 2. The number of ketones is 2. The van der Waals surface area contributed by atoms with Crippen LogP contribution in [0.5, 0.6) is 11.5 Å². The van der Waals surface area contributed by atoms with Gasteiger partial charge in [0.25, 0.3) is 0 Å². The quantitative estimate of drug-likeness (QED) is 0.330. The largest absolute Gasteiger partial charge is 0.508 e. The van der Waals surface area contributed by atoms with Crippen molar-refractivity contribution < 1.29 is 33.8 Å². The van der Waals surface area contributed by atoms with Crippen molar-refractivity contribution in [1.82, 2.24) is 0 Å². The first-order valence-electron chi connectivity index (χ1n) is 14.7. The Balaban J connectivity index is 1.28. The van der Waals surface area contributed by atoms with Gasteiger partial charge < -0.3 is 19.5 Å². The first-order valence-corrected chi connectivity index (χ1v) is 14.7. The smallest absolute Gasteiger partial charge is 0.238 e. The van der Waals surface area contributed by atoms with Gasteiger partial charge in [-0.3, -0.25) is 24.1 Å². The lowest BCUT2D eigenvalue weighted by atomic mass is 9.59. The molecule has 2 amide bonds. The van der Waals surface area contributed by atoms with E-state index in [0.29, 0.717) is 53.4 Å². The van der Waals surface area contributed by atoms with Gasteiger partial charge in [-0.25, -0.2) is 0 Å². The van der Waals surface area contributed by atoms with Crippen LogP contribution >= 0.6 is 0 Å². The summed E-state index contributed by atoms with van der Waals surface area (Å²) in [6.45, 7) is 4.50. The average Bonchev–Trinajstić information content (AvgIpc) is 3.28. The van der Waals surface area contributed by atoms with E-state index >= 15 is 0 Å². The number of phenolic OH excluding ortho intramolecular Hbond substituents is 1. The van der Waals surface area contributed by atoms with Crippen LogP contribution < -0.4 is 14.5 Å². The third-order valence-corrected chi connectivity index (χ3v) is 9.57. The van der Waals surface area contributed by atoms with Gasteiger partial charge in [-0.15, -0.1) is 0 Å². The van der Waals surface area contributed by atoms with E-state index in [0.717, 1.165) is 24.4 Å². The number of hydrogen-bond acceptors (Lipinski definition) is 8. The van der Waals surface area contributed by atoms with Crippen molar-refractivity contribution in [3.05, 3.63) is 82.5 Å². The number of ether oxygens (including phenoxy) is 2. The third kappa shape index (κ3) is 4.25. The predicted molar refractivity (Wildman–Crippen MR) is 158 cm³/mol. The number of imide groups is 1. The fourth-order valence-electron chi connectivity index (χ4n) is 7.56. The molecule has 4 atom stereocenters. The molecule has 2 fully saturated rings. The van der Waals surface area contributed by atoms with Gasteiger partial charge in [-0.2, -0.15) is 0 Å². The molecule has 220 valence electrons. The SMILES string of the molecule is COc1cc(O)ccc1[C@H]1C2=CC[C@@H]3C(=O)N(c4ccc(N5CCOCC5)cc4)C(=O)[C@@H]3[C@@H]2CC2=C1C(=O)C=C(C)C2=O. The molecule has 0 radical (unpaired) electrons. The maximum absolute atomic E-state index is 14.2. The van der Waals surface area contributed by atoms with E-state index in [4.69, 9.17) is 9.47 Å². The van der Waals surface area contributed by atoms with Gasteiger partial charge >= 0.3 is 0 Å². The highest BCUT2D eigenvalue weighted by Gasteiger charge is 2.56. The summed E-state index contributed by atoms with van der Waals surface area (Å²) in [5, 5.41) is 10.1. The molecule has 1 N–H and O–H groups in total. The number of carbonyl (C=O) groups is 4. The number of Topliss-reactive ketones (excluding diaryl/α,β-unsaturated/α-hetero) is 1. The third-order valence-electron chi connectivity index (χ3n) is 9.57. The number of rotatable bonds is 4. The lowest BCUT2D eigenvalue weighted by Gasteiger charge is -2.42. The van der Waals surface area contributed by atoms with Crippen molar-refractivity contribution in [2.45, 2.75) is 25.7 Å². The molecule has 0 spiro atoms. The zero-order valence-electron chi connectivity index (χ0n) is 24.0. The molecule has 0 saturated carbocycles. The second kappa shape index (κ2) is 10.3. The predicted octanol–water partition coefficient (Wildman–Crippen LogP) is 3.87. The van der Waals surface area contributed by atoms with Crippen LogP contribution in [0, 0.1) is 17.8 Å². The number of fused-ring (bicyclic) bond motifs is 3. The van der Waals surface area contributed by atoms with Crippen LogP contribution in [-0.4, -0.2) is 61.9 Å². The highest BCUT2D eigenvalue weighted by molar-refractivity contribution is 6.25. The molecule has 7 rings (SSSR count). The molecular weight excluding hydrogens is 548 g/mol. The summed E-state index contributed by atoms with van der Waals surface area (Å²) in [6, 6.07) is 12.2. The van der Waals surface area contributed by atoms with E-state index in [9.17, 15) is 24.3 Å². The standard InChI is InChI=1S/C34H32N2O7/c1-18-15-27(38)31-26(32(18)39)17-25-22(29(31)23-8-7-21(37)16-28(23)42-2)9-10-24-30(25)34(41)36(33(24)40)20-5-3-19(4-6-20)35-11-13-43-14-12-35/h3-9,15-16,24-25,29-30,37H,10-14,17H2,1-2H3/t24-,25+,29+,30-/m0/s1. The molecule has 0 unspecified atom stereocenters. The highest BCUT2D eigenvalue weighted by Crippen LogP contribution is 2.56. The van der Waals surface area contributed by atoms with Crippen LogP contribution in [0.3, 0.4) is 0 Å². The van der Waals surface area contributed by atoms with E-state index in [2.05, 4.69) is 4.90 Å². The summed E-state index contributed by atoms with van der Waals surface area (Å²) >= 11 is 0. The molecular formula is C34H32N2O7. The Kier molecular flexibility index (Phi) is 6.58. The van der Waals surface area contributed by atoms with E-state index < -0.39 is 23.7 Å². The zero-order chi connectivity index (χ0) is 30.0. The first-order chi connectivity index (χ1) is 20.8. The number of morpholine rings is 1. The topological polar surface area (TPSA) is 113 Å². The molecule has 2 aromatic carbocycles. The number of hydrogen-bond donors (Lipinski definition) is 1. The van der Waals surface area contributed by atoms with Crippen LogP contribution in [0.4, 0.5) is 11.4 Å². The van der Waals surface area contributed by atoms with Gasteiger partial charge in [0.05, 0.1) is 37.8 Å². The fourth-order valence-corrected chi connectivity index (χ4v) is 7.56. The Bertz CT molecular complexity index is 1660. The molecule has 2 saturated heterocycles. The molecule has 0 aromatic heterocycles. The van der Waals surface area contributed by atoms with E-state index in [-0.39, 0.29) is 35.6 Å². The lowest BCUT2D eigenvalue weighted by Crippen LogP contribution is -2.40. The lowest BCUT2D eigenvalue weighted by molar-refractivity contribution is -0.123. The molecule has 2 aromatic rings. The normalized spacial score (nSPS) is 27.0. The number of methoxy groups -OCH3 is 1.